The van der Waals surface area contributed by atoms with Crippen LogP contribution in [0.1, 0.15) is 66.2 Å². The molecule has 1 unspecified atom stereocenters. The molecule has 1 N–H and O–H groups in total. The summed E-state index contributed by atoms with van der Waals surface area (Å²) in [5.41, 5.74) is 0.589. The van der Waals surface area contributed by atoms with Gasteiger partial charge in [-0.05, 0) is 51.5 Å². The molecule has 0 radical (unpaired) electrons. The quantitative estimate of drug-likeness (QED) is 0.746. The van der Waals surface area contributed by atoms with Gasteiger partial charge in [0.15, 0.2) is 0 Å². The molecule has 0 amide bonds. The summed E-state index contributed by atoms with van der Waals surface area (Å²) >= 11 is 0. The third kappa shape index (κ3) is 5.71. The molecule has 0 aromatic carbocycles. The Balaban J connectivity index is 2.15. The number of hydrogen-bond acceptors (Lipinski definition) is 2. The SMILES string of the molecule is CCCC(C)NCCN(C)C1CCC(C)(C)CC1. The molecule has 2 heteroatoms. The normalized spacial score (nSPS) is 22.3. The van der Waals surface area contributed by atoms with Gasteiger partial charge >= 0.3 is 0 Å². The van der Waals surface area contributed by atoms with E-state index in [1.807, 2.05) is 0 Å². The predicted octanol–water partition coefficient (Wildman–Crippen LogP) is 3.67. The van der Waals surface area contributed by atoms with Crippen LogP contribution in [-0.4, -0.2) is 37.1 Å². The third-order valence-corrected chi connectivity index (χ3v) is 4.61. The fourth-order valence-electron chi connectivity index (χ4n) is 3.03. The number of rotatable bonds is 7. The molecular weight excluding hydrogens is 220 g/mol. The maximum atomic E-state index is 3.63. The van der Waals surface area contributed by atoms with Crippen molar-refractivity contribution >= 4 is 0 Å². The van der Waals surface area contributed by atoms with Crippen LogP contribution < -0.4 is 5.32 Å². The lowest BCUT2D eigenvalue weighted by Crippen LogP contribution is -2.41. The Bertz CT molecular complexity index is 215. The first-order valence-corrected chi connectivity index (χ1v) is 7.88. The zero-order chi connectivity index (χ0) is 13.6. The van der Waals surface area contributed by atoms with E-state index in [1.54, 1.807) is 0 Å². The van der Waals surface area contributed by atoms with E-state index in [1.165, 1.54) is 45.1 Å². The minimum absolute atomic E-state index is 0.589. The number of nitrogens with zero attached hydrogens (tertiary/aromatic N) is 1. The van der Waals surface area contributed by atoms with Crippen LogP contribution in [0.3, 0.4) is 0 Å². The summed E-state index contributed by atoms with van der Waals surface area (Å²) in [6, 6.07) is 1.50. The Morgan fingerprint density at radius 2 is 1.89 bits per heavy atom. The molecule has 0 bridgehead atoms. The summed E-state index contributed by atoms with van der Waals surface area (Å²) in [5, 5.41) is 3.63. The van der Waals surface area contributed by atoms with Gasteiger partial charge in [-0.3, -0.25) is 0 Å². The highest BCUT2D eigenvalue weighted by atomic mass is 15.1. The molecule has 1 aliphatic carbocycles. The number of hydrogen-bond donors (Lipinski definition) is 1. The van der Waals surface area contributed by atoms with Gasteiger partial charge in [-0.1, -0.05) is 27.2 Å². The van der Waals surface area contributed by atoms with Gasteiger partial charge in [0.05, 0.1) is 0 Å². The average molecular weight is 254 g/mol. The monoisotopic (exact) mass is 254 g/mol. The second-order valence-corrected chi connectivity index (χ2v) is 7.02. The van der Waals surface area contributed by atoms with E-state index >= 15 is 0 Å². The Morgan fingerprint density at radius 3 is 2.44 bits per heavy atom. The van der Waals surface area contributed by atoms with Crippen LogP contribution in [0.4, 0.5) is 0 Å². The first kappa shape index (κ1) is 16.0. The van der Waals surface area contributed by atoms with E-state index < -0.39 is 0 Å². The molecule has 0 aliphatic heterocycles. The maximum absolute atomic E-state index is 3.63. The average Bonchev–Trinajstić information content (AvgIpc) is 2.29. The largest absolute Gasteiger partial charge is 0.313 e. The topological polar surface area (TPSA) is 15.3 Å². The van der Waals surface area contributed by atoms with Gasteiger partial charge in [-0.25, -0.2) is 0 Å². The molecule has 18 heavy (non-hydrogen) atoms. The van der Waals surface area contributed by atoms with Gasteiger partial charge in [0.1, 0.15) is 0 Å². The molecule has 1 aliphatic rings. The summed E-state index contributed by atoms with van der Waals surface area (Å²) in [6.45, 7) is 11.7. The summed E-state index contributed by atoms with van der Waals surface area (Å²) in [5.74, 6) is 0. The molecule has 0 saturated heterocycles. The molecule has 1 saturated carbocycles. The van der Waals surface area contributed by atoms with Gasteiger partial charge < -0.3 is 10.2 Å². The van der Waals surface area contributed by atoms with E-state index in [2.05, 4.69) is 45.0 Å². The van der Waals surface area contributed by atoms with Crippen molar-refractivity contribution in [2.24, 2.45) is 5.41 Å². The number of likely N-dealkylation sites (N-methyl/N-ethyl adjacent to an activating group) is 1. The second-order valence-electron chi connectivity index (χ2n) is 7.02. The molecule has 0 aromatic heterocycles. The minimum Gasteiger partial charge on any atom is -0.313 e. The van der Waals surface area contributed by atoms with E-state index in [4.69, 9.17) is 0 Å². The molecule has 2 nitrogen and oxygen atoms in total. The molecule has 0 aromatic rings. The second kappa shape index (κ2) is 7.49. The van der Waals surface area contributed by atoms with Crippen LogP contribution in [0.5, 0.6) is 0 Å². The highest BCUT2D eigenvalue weighted by molar-refractivity contribution is 4.83. The number of nitrogens with one attached hydrogen (secondary N) is 1. The van der Waals surface area contributed by atoms with Gasteiger partial charge in [0.25, 0.3) is 0 Å². The molecular formula is C16H34N2. The van der Waals surface area contributed by atoms with E-state index in [9.17, 15) is 0 Å². The molecule has 0 heterocycles. The smallest absolute Gasteiger partial charge is 0.0107 e. The zero-order valence-electron chi connectivity index (χ0n) is 13.3. The summed E-state index contributed by atoms with van der Waals surface area (Å²) in [6.07, 6.45) is 8.12. The minimum atomic E-state index is 0.589. The standard InChI is InChI=1S/C16H34N2/c1-6-7-14(2)17-12-13-18(5)15-8-10-16(3,4)11-9-15/h14-15,17H,6-13H2,1-5H3. The third-order valence-electron chi connectivity index (χ3n) is 4.61. The lowest BCUT2D eigenvalue weighted by Gasteiger charge is -2.38. The molecule has 1 rings (SSSR count). The van der Waals surface area contributed by atoms with Crippen molar-refractivity contribution in [2.75, 3.05) is 20.1 Å². The highest BCUT2D eigenvalue weighted by Gasteiger charge is 2.28. The van der Waals surface area contributed by atoms with Crippen LogP contribution in [0, 0.1) is 5.41 Å². The van der Waals surface area contributed by atoms with Crippen LogP contribution in [0.2, 0.25) is 0 Å². The zero-order valence-corrected chi connectivity index (χ0v) is 13.3. The Kier molecular flexibility index (Phi) is 6.65. The van der Waals surface area contributed by atoms with Crippen molar-refractivity contribution in [2.45, 2.75) is 78.3 Å². The van der Waals surface area contributed by atoms with Crippen molar-refractivity contribution in [1.82, 2.24) is 10.2 Å². The van der Waals surface area contributed by atoms with Crippen LogP contribution in [0.25, 0.3) is 0 Å². The Morgan fingerprint density at radius 1 is 1.28 bits per heavy atom. The van der Waals surface area contributed by atoms with Crippen LogP contribution >= 0.6 is 0 Å². The van der Waals surface area contributed by atoms with Crippen molar-refractivity contribution < 1.29 is 0 Å². The van der Waals surface area contributed by atoms with Gasteiger partial charge in [0.2, 0.25) is 0 Å². The fraction of sp³-hybridized carbons (Fsp3) is 1.00. The molecule has 1 atom stereocenters. The van der Waals surface area contributed by atoms with Crippen molar-refractivity contribution in [3.8, 4) is 0 Å². The molecule has 108 valence electrons. The lowest BCUT2D eigenvalue weighted by molar-refractivity contribution is 0.127. The van der Waals surface area contributed by atoms with E-state index in [0.29, 0.717) is 11.5 Å². The highest BCUT2D eigenvalue weighted by Crippen LogP contribution is 2.36. The van der Waals surface area contributed by atoms with E-state index in [0.717, 1.165) is 12.6 Å². The fourth-order valence-corrected chi connectivity index (χ4v) is 3.03. The van der Waals surface area contributed by atoms with Gasteiger partial charge in [-0.2, -0.15) is 0 Å². The van der Waals surface area contributed by atoms with Crippen molar-refractivity contribution in [1.29, 1.82) is 0 Å². The summed E-state index contributed by atoms with van der Waals surface area (Å²) in [7, 11) is 2.30. The first-order valence-electron chi connectivity index (χ1n) is 7.88. The van der Waals surface area contributed by atoms with Crippen LogP contribution in [0.15, 0.2) is 0 Å². The lowest BCUT2D eigenvalue weighted by atomic mass is 9.75. The Hall–Kier alpha value is -0.0800. The summed E-state index contributed by atoms with van der Waals surface area (Å²) in [4.78, 5) is 2.57. The van der Waals surface area contributed by atoms with Gasteiger partial charge in [0, 0.05) is 25.2 Å². The Labute approximate surface area is 115 Å². The molecule has 1 fully saturated rings. The van der Waals surface area contributed by atoms with Crippen LogP contribution in [-0.2, 0) is 0 Å². The van der Waals surface area contributed by atoms with E-state index in [-0.39, 0.29) is 0 Å². The van der Waals surface area contributed by atoms with Crippen molar-refractivity contribution in [3.05, 3.63) is 0 Å². The van der Waals surface area contributed by atoms with Crippen molar-refractivity contribution in [3.63, 3.8) is 0 Å². The maximum Gasteiger partial charge on any atom is 0.0107 e. The van der Waals surface area contributed by atoms with Gasteiger partial charge in [-0.15, -0.1) is 0 Å². The summed E-state index contributed by atoms with van der Waals surface area (Å²) < 4.78 is 0. The molecule has 0 spiro atoms. The first-order chi connectivity index (χ1) is 8.44. The predicted molar refractivity (Wildman–Crippen MR) is 81.0 cm³/mol.